The fraction of sp³-hybridized carbons (Fsp3) is 0.625. The Hall–Kier alpha value is -2.61. The number of nitrogens with one attached hydrogen (secondary N) is 2. The maximum absolute atomic E-state index is 12.7. The second-order valence-corrected chi connectivity index (χ2v) is 8.72. The third-order valence-corrected chi connectivity index (χ3v) is 6.29. The van der Waals surface area contributed by atoms with E-state index in [-0.39, 0.29) is 24.4 Å². The van der Waals surface area contributed by atoms with Gasteiger partial charge < -0.3 is 15.0 Å². The van der Waals surface area contributed by atoms with Crippen molar-refractivity contribution in [1.82, 2.24) is 20.4 Å². The predicted octanol–water partition coefficient (Wildman–Crippen LogP) is 2.32. The Morgan fingerprint density at radius 2 is 1.72 bits per heavy atom. The number of nitrogens with zero attached hydrogens (tertiary/aromatic N) is 2. The minimum absolute atomic E-state index is 0.138. The zero-order valence-corrected chi connectivity index (χ0v) is 19.1. The minimum Gasteiger partial charge on any atom is -0.497 e. The Labute approximate surface area is 190 Å². The summed E-state index contributed by atoms with van der Waals surface area (Å²) in [6.45, 7) is 2.84. The lowest BCUT2D eigenvalue weighted by atomic mass is 9.96. The van der Waals surface area contributed by atoms with Crippen molar-refractivity contribution in [2.45, 2.75) is 57.4 Å². The van der Waals surface area contributed by atoms with Crippen molar-refractivity contribution in [3.63, 3.8) is 0 Å². The highest BCUT2D eigenvalue weighted by Gasteiger charge is 2.22. The summed E-state index contributed by atoms with van der Waals surface area (Å²) < 4.78 is 5.17. The minimum atomic E-state index is -0.396. The second kappa shape index (κ2) is 12.4. The van der Waals surface area contributed by atoms with E-state index in [0.717, 1.165) is 50.0 Å². The molecular formula is C24H36N4O4. The van der Waals surface area contributed by atoms with Gasteiger partial charge in [-0.15, -0.1) is 0 Å². The van der Waals surface area contributed by atoms with Crippen LogP contribution >= 0.6 is 0 Å². The van der Waals surface area contributed by atoms with Crippen LogP contribution in [-0.4, -0.2) is 73.5 Å². The Kier molecular flexibility index (Phi) is 9.34. The number of hydrogen-bond donors (Lipinski definition) is 2. The monoisotopic (exact) mass is 444 g/mol. The molecule has 0 atom stereocenters. The van der Waals surface area contributed by atoms with E-state index in [1.165, 1.54) is 6.42 Å². The number of rotatable bonds is 7. The number of carbonyl (C=O) groups is 3. The van der Waals surface area contributed by atoms with Crippen LogP contribution in [0.4, 0.5) is 4.79 Å². The Morgan fingerprint density at radius 3 is 2.44 bits per heavy atom. The summed E-state index contributed by atoms with van der Waals surface area (Å²) in [4.78, 5) is 40.9. The van der Waals surface area contributed by atoms with Crippen molar-refractivity contribution in [2.24, 2.45) is 0 Å². The zero-order valence-electron chi connectivity index (χ0n) is 19.1. The first-order valence-corrected chi connectivity index (χ1v) is 11.8. The first-order chi connectivity index (χ1) is 15.5. The van der Waals surface area contributed by atoms with Crippen LogP contribution in [0.15, 0.2) is 24.3 Å². The van der Waals surface area contributed by atoms with Gasteiger partial charge in [-0.25, -0.2) is 4.79 Å². The SMILES string of the molecule is COc1ccc(CCC(=O)N2CCCN(CC(=O)NC(=O)NC3CCCCC3)CC2)cc1. The number of carbonyl (C=O) groups excluding carboxylic acids is 3. The molecule has 1 heterocycles. The molecule has 2 N–H and O–H groups in total. The number of benzene rings is 1. The van der Waals surface area contributed by atoms with Crippen LogP contribution in [0.1, 0.15) is 50.5 Å². The van der Waals surface area contributed by atoms with Crippen molar-refractivity contribution in [1.29, 1.82) is 0 Å². The van der Waals surface area contributed by atoms with Gasteiger partial charge in [-0.1, -0.05) is 31.4 Å². The summed E-state index contributed by atoms with van der Waals surface area (Å²) >= 11 is 0. The molecule has 1 saturated carbocycles. The molecule has 0 aromatic heterocycles. The van der Waals surface area contributed by atoms with Crippen LogP contribution < -0.4 is 15.4 Å². The highest BCUT2D eigenvalue weighted by Crippen LogP contribution is 2.17. The highest BCUT2D eigenvalue weighted by molar-refractivity contribution is 5.95. The first-order valence-electron chi connectivity index (χ1n) is 11.8. The number of aryl methyl sites for hydroxylation is 1. The molecule has 8 heteroatoms. The summed E-state index contributed by atoms with van der Waals surface area (Å²) in [5, 5.41) is 5.36. The fourth-order valence-corrected chi connectivity index (χ4v) is 4.42. The van der Waals surface area contributed by atoms with Gasteiger partial charge in [0, 0.05) is 38.6 Å². The van der Waals surface area contributed by atoms with Gasteiger partial charge in [0.2, 0.25) is 11.8 Å². The van der Waals surface area contributed by atoms with E-state index in [4.69, 9.17) is 4.74 Å². The average molecular weight is 445 g/mol. The number of urea groups is 1. The predicted molar refractivity (Wildman–Crippen MR) is 122 cm³/mol. The normalized spacial score (nSPS) is 18.0. The third-order valence-electron chi connectivity index (χ3n) is 6.29. The van der Waals surface area contributed by atoms with Crippen LogP contribution in [0.3, 0.4) is 0 Å². The molecule has 3 rings (SSSR count). The number of amides is 4. The van der Waals surface area contributed by atoms with E-state index in [0.29, 0.717) is 32.5 Å². The van der Waals surface area contributed by atoms with Gasteiger partial charge in [0.1, 0.15) is 5.75 Å². The number of hydrogen-bond acceptors (Lipinski definition) is 5. The van der Waals surface area contributed by atoms with Crippen molar-refractivity contribution in [2.75, 3.05) is 39.8 Å². The molecule has 2 aliphatic rings. The number of methoxy groups -OCH3 is 1. The molecule has 4 amide bonds. The van der Waals surface area contributed by atoms with Crippen molar-refractivity contribution in [3.8, 4) is 5.75 Å². The maximum Gasteiger partial charge on any atom is 0.321 e. The molecule has 1 aromatic carbocycles. The molecule has 1 aliphatic carbocycles. The Balaban J connectivity index is 1.36. The summed E-state index contributed by atoms with van der Waals surface area (Å²) in [5.74, 6) is 0.653. The van der Waals surface area contributed by atoms with Crippen LogP contribution in [-0.2, 0) is 16.0 Å². The largest absolute Gasteiger partial charge is 0.497 e. The molecule has 176 valence electrons. The lowest BCUT2D eigenvalue weighted by Crippen LogP contribution is -2.48. The van der Waals surface area contributed by atoms with Crippen LogP contribution in [0, 0.1) is 0 Å². The molecule has 1 saturated heterocycles. The van der Waals surface area contributed by atoms with Crippen LogP contribution in [0.25, 0.3) is 0 Å². The van der Waals surface area contributed by atoms with Crippen LogP contribution in [0.5, 0.6) is 5.75 Å². The quantitative estimate of drug-likeness (QED) is 0.674. The van der Waals surface area contributed by atoms with Gasteiger partial charge in [-0.2, -0.15) is 0 Å². The van der Waals surface area contributed by atoms with Crippen molar-refractivity contribution in [3.05, 3.63) is 29.8 Å². The molecule has 2 fully saturated rings. The van der Waals surface area contributed by atoms with Gasteiger partial charge in [0.05, 0.1) is 13.7 Å². The molecule has 0 unspecified atom stereocenters. The molecule has 0 bridgehead atoms. The third kappa shape index (κ3) is 7.82. The van der Waals surface area contributed by atoms with E-state index in [1.807, 2.05) is 34.1 Å². The fourth-order valence-electron chi connectivity index (χ4n) is 4.42. The standard InChI is InChI=1S/C24H36N4O4/c1-32-21-11-8-19(9-12-21)10-13-23(30)28-15-5-14-27(16-17-28)18-22(29)26-24(31)25-20-6-3-2-4-7-20/h8-9,11-12,20H,2-7,10,13-18H2,1H3,(H2,25,26,29,31). The first kappa shape index (κ1) is 24.0. The topological polar surface area (TPSA) is 91.0 Å². The molecular weight excluding hydrogens is 408 g/mol. The van der Waals surface area contributed by atoms with E-state index < -0.39 is 6.03 Å². The van der Waals surface area contributed by atoms with Gasteiger partial charge in [-0.05, 0) is 43.4 Å². The molecule has 8 nitrogen and oxygen atoms in total. The lowest BCUT2D eigenvalue weighted by molar-refractivity contribution is -0.131. The summed E-state index contributed by atoms with van der Waals surface area (Å²) in [6.07, 6.45) is 7.41. The molecule has 1 aliphatic heterocycles. The Bertz CT molecular complexity index is 762. The highest BCUT2D eigenvalue weighted by atomic mass is 16.5. The van der Waals surface area contributed by atoms with Gasteiger partial charge in [0.25, 0.3) is 0 Å². The molecule has 0 radical (unpaired) electrons. The van der Waals surface area contributed by atoms with E-state index >= 15 is 0 Å². The van der Waals surface area contributed by atoms with Gasteiger partial charge in [0.15, 0.2) is 0 Å². The Morgan fingerprint density at radius 1 is 0.969 bits per heavy atom. The van der Waals surface area contributed by atoms with Gasteiger partial charge >= 0.3 is 6.03 Å². The summed E-state index contributed by atoms with van der Waals surface area (Å²) in [7, 11) is 1.64. The molecule has 32 heavy (non-hydrogen) atoms. The van der Waals surface area contributed by atoms with Crippen molar-refractivity contribution >= 4 is 17.8 Å². The lowest BCUT2D eigenvalue weighted by Gasteiger charge is -2.23. The van der Waals surface area contributed by atoms with Gasteiger partial charge in [-0.3, -0.25) is 19.8 Å². The zero-order chi connectivity index (χ0) is 22.8. The van der Waals surface area contributed by atoms with Crippen molar-refractivity contribution < 1.29 is 19.1 Å². The maximum atomic E-state index is 12.7. The van der Waals surface area contributed by atoms with E-state index in [1.54, 1.807) is 7.11 Å². The molecule has 1 aromatic rings. The summed E-state index contributed by atoms with van der Waals surface area (Å²) in [6, 6.07) is 7.56. The van der Waals surface area contributed by atoms with E-state index in [2.05, 4.69) is 10.6 Å². The van der Waals surface area contributed by atoms with Crippen LogP contribution in [0.2, 0.25) is 0 Å². The second-order valence-electron chi connectivity index (χ2n) is 8.72. The number of ether oxygens (including phenoxy) is 1. The van der Waals surface area contributed by atoms with E-state index in [9.17, 15) is 14.4 Å². The molecule has 0 spiro atoms. The summed E-state index contributed by atoms with van der Waals surface area (Å²) in [5.41, 5.74) is 1.11. The number of imide groups is 1. The average Bonchev–Trinajstić information content (AvgIpc) is 3.04. The smallest absolute Gasteiger partial charge is 0.321 e.